The highest BCUT2D eigenvalue weighted by Crippen LogP contribution is 2.43. The van der Waals surface area contributed by atoms with Crippen LogP contribution in [-0.4, -0.2) is 44.6 Å². The fraction of sp³-hybridized carbons (Fsp3) is 0.500. The average molecular weight is 400 g/mol. The van der Waals surface area contributed by atoms with Gasteiger partial charge in [0.2, 0.25) is 0 Å². The van der Waals surface area contributed by atoms with Gasteiger partial charge < -0.3 is 4.43 Å². The van der Waals surface area contributed by atoms with Gasteiger partial charge in [-0.15, -0.1) is 0 Å². The second-order valence-corrected chi connectivity index (χ2v) is 13.5. The number of benzene rings is 2. The molecule has 2 atom stereocenters. The van der Waals surface area contributed by atoms with E-state index >= 15 is 0 Å². The zero-order valence-electron chi connectivity index (χ0n) is 19.1. The lowest BCUT2D eigenvalue weighted by molar-refractivity contribution is 0.107. The second-order valence-electron chi connectivity index (χ2n) is 9.25. The van der Waals surface area contributed by atoms with Crippen LogP contribution in [0.3, 0.4) is 0 Å². The quantitative estimate of drug-likeness (QED) is 0.701. The molecule has 2 aliphatic heterocycles. The van der Waals surface area contributed by atoms with Crippen LogP contribution >= 0.6 is 0 Å². The molecule has 4 heteroatoms. The lowest BCUT2D eigenvalue weighted by Gasteiger charge is -2.45. The van der Waals surface area contributed by atoms with Crippen molar-refractivity contribution in [3.8, 4) is 0 Å². The Morgan fingerprint density at radius 3 is 2.21 bits per heavy atom. The van der Waals surface area contributed by atoms with Crippen molar-refractivity contribution in [1.29, 1.82) is 0 Å². The average Bonchev–Trinajstić information content (AvgIpc) is 3.24. The van der Waals surface area contributed by atoms with Gasteiger partial charge in [0.25, 0.3) is 8.32 Å². The summed E-state index contributed by atoms with van der Waals surface area (Å²) in [4.78, 5) is 2.01. The number of nitrogens with zero attached hydrogens (tertiary/aromatic N) is 1. The number of halogens is 1. The van der Waals surface area contributed by atoms with E-state index < -0.39 is 26.6 Å². The number of hydrogen-bond acceptors (Lipinski definition) is 2. The maximum atomic E-state index is 14.5. The zero-order chi connectivity index (χ0) is 21.6. The predicted octanol–water partition coefficient (Wildman–Crippen LogP) is 4.14. The third-order valence-electron chi connectivity index (χ3n) is 6.41. The Morgan fingerprint density at radius 1 is 1.11 bits per heavy atom. The standard InChI is InChI=1S/C24H32FNOSi/c1-23(2,3)28(21-11-6-4-7-12-21,22-13-8-5-9-14-22)27-19-24-15-10-16-26(24)18-20(25)17-24/h4-9,11-14,20H,10,15-19H2,1-3H3/i19D2. The molecule has 0 saturated carbocycles. The number of fused-ring (bicyclic) bond motifs is 1. The maximum Gasteiger partial charge on any atom is 0.261 e. The van der Waals surface area contributed by atoms with Gasteiger partial charge in [-0.1, -0.05) is 81.4 Å². The molecule has 150 valence electrons. The number of rotatable bonds is 5. The van der Waals surface area contributed by atoms with E-state index in [-0.39, 0.29) is 11.5 Å². The molecule has 4 rings (SSSR count). The minimum absolute atomic E-state index is 0.207. The van der Waals surface area contributed by atoms with Gasteiger partial charge in [0.15, 0.2) is 0 Å². The molecule has 2 aromatic carbocycles. The molecule has 28 heavy (non-hydrogen) atoms. The van der Waals surface area contributed by atoms with Gasteiger partial charge in [-0.05, 0) is 34.8 Å². The zero-order valence-corrected chi connectivity index (χ0v) is 18.1. The second kappa shape index (κ2) is 7.40. The summed E-state index contributed by atoms with van der Waals surface area (Å²) in [7, 11) is -3.06. The Labute approximate surface area is 172 Å². The van der Waals surface area contributed by atoms with Crippen molar-refractivity contribution in [3.05, 3.63) is 60.7 Å². The first-order valence-electron chi connectivity index (χ1n) is 11.3. The van der Waals surface area contributed by atoms with E-state index in [9.17, 15) is 7.13 Å². The van der Waals surface area contributed by atoms with E-state index in [4.69, 9.17) is 4.43 Å². The molecule has 2 heterocycles. The van der Waals surface area contributed by atoms with E-state index in [1.54, 1.807) is 0 Å². The van der Waals surface area contributed by atoms with Gasteiger partial charge in [0.05, 0.1) is 9.30 Å². The summed E-state index contributed by atoms with van der Waals surface area (Å²) in [6, 6.07) is 20.2. The molecule has 0 bridgehead atoms. The van der Waals surface area contributed by atoms with Crippen LogP contribution in [0.4, 0.5) is 4.39 Å². The summed E-state index contributed by atoms with van der Waals surface area (Å²) in [6.07, 6.45) is 0.732. The van der Waals surface area contributed by atoms with Crippen molar-refractivity contribution in [1.82, 2.24) is 4.90 Å². The number of hydrogen-bond donors (Lipinski definition) is 0. The Kier molecular flexibility index (Phi) is 4.59. The number of alkyl halides is 1. The van der Waals surface area contributed by atoms with Crippen molar-refractivity contribution in [2.24, 2.45) is 0 Å². The smallest absolute Gasteiger partial charge is 0.261 e. The summed E-state index contributed by atoms with van der Waals surface area (Å²) in [6.45, 7) is 5.52. The van der Waals surface area contributed by atoms with Crippen LogP contribution in [0.1, 0.15) is 42.8 Å². The van der Waals surface area contributed by atoms with Crippen LogP contribution in [0, 0.1) is 0 Å². The molecule has 0 aliphatic carbocycles. The van der Waals surface area contributed by atoms with Crippen LogP contribution in [0.25, 0.3) is 0 Å². The van der Waals surface area contributed by atoms with Gasteiger partial charge in [-0.2, -0.15) is 0 Å². The first kappa shape index (κ1) is 17.4. The van der Waals surface area contributed by atoms with Gasteiger partial charge in [0.1, 0.15) is 6.17 Å². The predicted molar refractivity (Wildman–Crippen MR) is 117 cm³/mol. The summed E-state index contributed by atoms with van der Waals surface area (Å²) in [5, 5.41) is 1.77. The van der Waals surface area contributed by atoms with E-state index in [1.807, 2.05) is 41.3 Å². The minimum atomic E-state index is -3.06. The molecule has 2 fully saturated rings. The third-order valence-corrected chi connectivity index (χ3v) is 11.2. The molecule has 0 aromatic heterocycles. The Hall–Kier alpha value is -1.49. The van der Waals surface area contributed by atoms with Gasteiger partial charge in [-0.3, -0.25) is 4.90 Å². The minimum Gasteiger partial charge on any atom is -0.406 e. The van der Waals surface area contributed by atoms with E-state index in [1.165, 1.54) is 0 Å². The molecule has 2 aliphatic rings. The van der Waals surface area contributed by atoms with Gasteiger partial charge in [-0.25, -0.2) is 4.39 Å². The normalized spacial score (nSPS) is 27.4. The molecule has 0 N–H and O–H groups in total. The first-order valence-corrected chi connectivity index (χ1v) is 12.2. The maximum absolute atomic E-state index is 14.5. The van der Waals surface area contributed by atoms with E-state index in [0.717, 1.165) is 23.3 Å². The molecular weight excluding hydrogens is 365 g/mol. The molecule has 2 nitrogen and oxygen atoms in total. The topological polar surface area (TPSA) is 12.5 Å². The Bertz CT molecular complexity index is 834. The SMILES string of the molecule is [2H]C([2H])(O[Si](c1ccccc1)(c1ccccc1)C(C)(C)C)C12CCCN1CC(F)C2. The molecule has 0 radical (unpaired) electrons. The third kappa shape index (κ3) is 3.25. The van der Waals surface area contributed by atoms with Crippen LogP contribution in [0.2, 0.25) is 5.04 Å². The summed E-state index contributed by atoms with van der Waals surface area (Å²) in [5.41, 5.74) is -0.889. The first-order chi connectivity index (χ1) is 14.1. The van der Waals surface area contributed by atoms with Crippen molar-refractivity contribution in [2.75, 3.05) is 19.6 Å². The molecule has 2 saturated heterocycles. The van der Waals surface area contributed by atoms with Gasteiger partial charge in [0, 0.05) is 18.5 Å². The van der Waals surface area contributed by atoms with Crippen LogP contribution < -0.4 is 10.4 Å². The van der Waals surface area contributed by atoms with Crippen LogP contribution in [0.15, 0.2) is 60.7 Å². The van der Waals surface area contributed by atoms with Crippen molar-refractivity contribution in [2.45, 2.75) is 56.8 Å². The van der Waals surface area contributed by atoms with Crippen molar-refractivity contribution >= 4 is 18.7 Å². The lowest BCUT2D eigenvalue weighted by atomic mass is 9.95. The Morgan fingerprint density at radius 2 is 1.68 bits per heavy atom. The molecule has 2 aromatic rings. The Balaban J connectivity index is 1.89. The molecule has 2 unspecified atom stereocenters. The molecule has 0 spiro atoms. The molecule has 0 amide bonds. The molecular formula is C24H32FNOSi. The highest BCUT2D eigenvalue weighted by molar-refractivity contribution is 6.99. The van der Waals surface area contributed by atoms with E-state index in [2.05, 4.69) is 45.0 Å². The monoisotopic (exact) mass is 399 g/mol. The van der Waals surface area contributed by atoms with Crippen LogP contribution in [0.5, 0.6) is 0 Å². The highest BCUT2D eigenvalue weighted by atomic mass is 28.4. The van der Waals surface area contributed by atoms with Crippen molar-refractivity contribution < 1.29 is 11.6 Å². The van der Waals surface area contributed by atoms with Crippen molar-refractivity contribution in [3.63, 3.8) is 0 Å². The lowest BCUT2D eigenvalue weighted by Crippen LogP contribution is -2.68. The largest absolute Gasteiger partial charge is 0.406 e. The fourth-order valence-corrected chi connectivity index (χ4v) is 9.35. The van der Waals surface area contributed by atoms with Gasteiger partial charge >= 0.3 is 0 Å². The summed E-state index contributed by atoms with van der Waals surface area (Å²) >= 11 is 0. The summed E-state index contributed by atoms with van der Waals surface area (Å²) < 4.78 is 39.8. The summed E-state index contributed by atoms with van der Waals surface area (Å²) in [5.74, 6) is 0. The van der Waals surface area contributed by atoms with Crippen LogP contribution in [-0.2, 0) is 4.43 Å². The van der Waals surface area contributed by atoms with E-state index in [0.29, 0.717) is 13.0 Å². The highest BCUT2D eigenvalue weighted by Gasteiger charge is 2.54. The fourth-order valence-electron chi connectivity index (χ4n) is 5.08.